The number of nitrogens with zero attached hydrogens (tertiary/aromatic N) is 1. The normalized spacial score (nSPS) is 19.1. The molecule has 1 atom stereocenters. The number of hydrogen-bond donors (Lipinski definition) is 0. The number of benzene rings is 2. The van der Waals surface area contributed by atoms with E-state index in [2.05, 4.69) is 67.3 Å². The Morgan fingerprint density at radius 2 is 1.75 bits per heavy atom. The number of anilines is 1. The maximum atomic E-state index is 5.73. The molecule has 0 aromatic heterocycles. The fraction of sp³-hybridized carbons (Fsp3) is 0.333. The summed E-state index contributed by atoms with van der Waals surface area (Å²) < 4.78 is 5.73. The number of hydrogen-bond acceptors (Lipinski definition) is 2. The molecule has 104 valence electrons. The van der Waals surface area contributed by atoms with Crippen LogP contribution in [0, 0.1) is 13.8 Å². The molecule has 0 radical (unpaired) electrons. The Labute approximate surface area is 121 Å². The van der Waals surface area contributed by atoms with E-state index in [0.29, 0.717) is 6.04 Å². The summed E-state index contributed by atoms with van der Waals surface area (Å²) in [4.78, 5) is 2.46. The van der Waals surface area contributed by atoms with Crippen LogP contribution in [-0.2, 0) is 4.74 Å². The van der Waals surface area contributed by atoms with Crippen molar-refractivity contribution in [2.45, 2.75) is 19.9 Å². The van der Waals surface area contributed by atoms with Crippen molar-refractivity contribution in [3.8, 4) is 0 Å². The fourth-order valence-electron chi connectivity index (χ4n) is 2.87. The number of aryl methyl sites for hydroxylation is 2. The van der Waals surface area contributed by atoms with Gasteiger partial charge in [0.05, 0.1) is 19.3 Å². The molecule has 1 unspecified atom stereocenters. The quantitative estimate of drug-likeness (QED) is 0.818. The molecule has 0 amide bonds. The molecule has 0 saturated carbocycles. The molecule has 1 heterocycles. The van der Waals surface area contributed by atoms with E-state index >= 15 is 0 Å². The Hall–Kier alpha value is -1.80. The molecule has 20 heavy (non-hydrogen) atoms. The molecular formula is C18H21NO. The van der Waals surface area contributed by atoms with Crippen LogP contribution in [0.25, 0.3) is 0 Å². The van der Waals surface area contributed by atoms with Gasteiger partial charge in [0.25, 0.3) is 0 Å². The molecule has 3 rings (SSSR count). The first-order chi connectivity index (χ1) is 9.75. The van der Waals surface area contributed by atoms with Crippen LogP contribution in [0.2, 0.25) is 0 Å². The lowest BCUT2D eigenvalue weighted by Gasteiger charge is -2.38. The van der Waals surface area contributed by atoms with Crippen LogP contribution >= 0.6 is 0 Å². The molecule has 0 N–H and O–H groups in total. The minimum Gasteiger partial charge on any atom is -0.377 e. The summed E-state index contributed by atoms with van der Waals surface area (Å²) in [6.45, 7) is 6.82. The molecular weight excluding hydrogens is 246 g/mol. The zero-order chi connectivity index (χ0) is 13.9. The van der Waals surface area contributed by atoms with Crippen molar-refractivity contribution in [2.24, 2.45) is 0 Å². The Bertz CT molecular complexity index is 576. The van der Waals surface area contributed by atoms with Crippen LogP contribution in [0.3, 0.4) is 0 Å². The van der Waals surface area contributed by atoms with E-state index in [1.807, 2.05) is 0 Å². The third-order valence-corrected chi connectivity index (χ3v) is 4.04. The van der Waals surface area contributed by atoms with Crippen molar-refractivity contribution >= 4 is 5.69 Å². The van der Waals surface area contributed by atoms with Crippen molar-refractivity contribution in [2.75, 3.05) is 24.7 Å². The van der Waals surface area contributed by atoms with Gasteiger partial charge >= 0.3 is 0 Å². The topological polar surface area (TPSA) is 12.5 Å². The fourth-order valence-corrected chi connectivity index (χ4v) is 2.87. The number of rotatable bonds is 2. The van der Waals surface area contributed by atoms with Crippen LogP contribution in [0.4, 0.5) is 5.69 Å². The molecule has 0 bridgehead atoms. The lowest BCUT2D eigenvalue weighted by Crippen LogP contribution is -2.39. The SMILES string of the molecule is Cc1ccc(N2CCOCC2c2ccccc2C)cc1. The lowest BCUT2D eigenvalue weighted by atomic mass is 9.99. The van der Waals surface area contributed by atoms with Gasteiger partial charge in [-0.3, -0.25) is 0 Å². The molecule has 2 aromatic rings. The van der Waals surface area contributed by atoms with Crippen molar-refractivity contribution in [3.05, 3.63) is 65.2 Å². The van der Waals surface area contributed by atoms with Gasteiger partial charge in [0.1, 0.15) is 0 Å². The van der Waals surface area contributed by atoms with E-state index in [9.17, 15) is 0 Å². The summed E-state index contributed by atoms with van der Waals surface area (Å²) in [7, 11) is 0. The van der Waals surface area contributed by atoms with Gasteiger partial charge in [-0.2, -0.15) is 0 Å². The van der Waals surface area contributed by atoms with Crippen LogP contribution < -0.4 is 4.90 Å². The zero-order valence-corrected chi connectivity index (χ0v) is 12.2. The highest BCUT2D eigenvalue weighted by atomic mass is 16.5. The second kappa shape index (κ2) is 5.68. The average molecular weight is 267 g/mol. The van der Waals surface area contributed by atoms with Gasteiger partial charge < -0.3 is 9.64 Å². The van der Waals surface area contributed by atoms with E-state index in [-0.39, 0.29) is 0 Å². The van der Waals surface area contributed by atoms with Crippen molar-refractivity contribution in [1.29, 1.82) is 0 Å². The van der Waals surface area contributed by atoms with E-state index in [1.165, 1.54) is 22.4 Å². The van der Waals surface area contributed by atoms with E-state index in [0.717, 1.165) is 19.8 Å². The standard InChI is InChI=1S/C18H21NO/c1-14-7-9-16(10-8-14)19-11-12-20-13-18(19)17-6-4-3-5-15(17)2/h3-10,18H,11-13H2,1-2H3. The monoisotopic (exact) mass is 267 g/mol. The molecule has 2 heteroatoms. The minimum atomic E-state index is 0.313. The number of morpholine rings is 1. The Balaban J connectivity index is 1.95. The zero-order valence-electron chi connectivity index (χ0n) is 12.2. The maximum Gasteiger partial charge on any atom is 0.0779 e. The second-order valence-corrected chi connectivity index (χ2v) is 5.48. The second-order valence-electron chi connectivity index (χ2n) is 5.48. The van der Waals surface area contributed by atoms with Crippen LogP contribution in [-0.4, -0.2) is 19.8 Å². The Kier molecular flexibility index (Phi) is 3.75. The highest BCUT2D eigenvalue weighted by Crippen LogP contribution is 2.31. The summed E-state index contributed by atoms with van der Waals surface area (Å²) in [5.41, 5.74) is 5.29. The van der Waals surface area contributed by atoms with Gasteiger partial charge in [-0.15, -0.1) is 0 Å². The first kappa shape index (κ1) is 13.2. The first-order valence-corrected chi connectivity index (χ1v) is 7.22. The molecule has 2 aromatic carbocycles. The van der Waals surface area contributed by atoms with Crippen molar-refractivity contribution in [1.82, 2.24) is 0 Å². The summed E-state index contributed by atoms with van der Waals surface area (Å²) in [5.74, 6) is 0. The summed E-state index contributed by atoms with van der Waals surface area (Å²) in [6.07, 6.45) is 0. The predicted molar refractivity (Wildman–Crippen MR) is 83.3 cm³/mol. The molecule has 0 spiro atoms. The van der Waals surface area contributed by atoms with Crippen LogP contribution in [0.15, 0.2) is 48.5 Å². The third-order valence-electron chi connectivity index (χ3n) is 4.04. The molecule has 1 aliphatic heterocycles. The molecule has 1 fully saturated rings. The van der Waals surface area contributed by atoms with E-state index in [1.54, 1.807) is 0 Å². The highest BCUT2D eigenvalue weighted by molar-refractivity contribution is 5.51. The minimum absolute atomic E-state index is 0.313. The van der Waals surface area contributed by atoms with E-state index in [4.69, 9.17) is 4.74 Å². The van der Waals surface area contributed by atoms with Crippen LogP contribution in [0.5, 0.6) is 0 Å². The van der Waals surface area contributed by atoms with Gasteiger partial charge in [-0.25, -0.2) is 0 Å². The van der Waals surface area contributed by atoms with Gasteiger partial charge in [0, 0.05) is 12.2 Å². The molecule has 1 aliphatic rings. The summed E-state index contributed by atoms with van der Waals surface area (Å²) in [5, 5.41) is 0. The molecule has 1 saturated heterocycles. The Morgan fingerprint density at radius 1 is 1.00 bits per heavy atom. The van der Waals surface area contributed by atoms with Gasteiger partial charge in [0.15, 0.2) is 0 Å². The number of ether oxygens (including phenoxy) is 1. The lowest BCUT2D eigenvalue weighted by molar-refractivity contribution is 0.0940. The van der Waals surface area contributed by atoms with Crippen LogP contribution in [0.1, 0.15) is 22.7 Å². The predicted octanol–water partition coefficient (Wildman–Crippen LogP) is 3.88. The van der Waals surface area contributed by atoms with E-state index < -0.39 is 0 Å². The first-order valence-electron chi connectivity index (χ1n) is 7.22. The Morgan fingerprint density at radius 3 is 2.50 bits per heavy atom. The molecule has 2 nitrogen and oxygen atoms in total. The van der Waals surface area contributed by atoms with Crippen molar-refractivity contribution < 1.29 is 4.74 Å². The highest BCUT2D eigenvalue weighted by Gasteiger charge is 2.25. The summed E-state index contributed by atoms with van der Waals surface area (Å²) in [6, 6.07) is 17.7. The summed E-state index contributed by atoms with van der Waals surface area (Å²) >= 11 is 0. The third kappa shape index (κ3) is 2.56. The van der Waals surface area contributed by atoms with Gasteiger partial charge in [-0.05, 0) is 37.1 Å². The van der Waals surface area contributed by atoms with Gasteiger partial charge in [-0.1, -0.05) is 42.0 Å². The largest absolute Gasteiger partial charge is 0.377 e. The maximum absolute atomic E-state index is 5.73. The average Bonchev–Trinajstić information content (AvgIpc) is 2.49. The van der Waals surface area contributed by atoms with Gasteiger partial charge in [0.2, 0.25) is 0 Å². The van der Waals surface area contributed by atoms with Crippen molar-refractivity contribution in [3.63, 3.8) is 0 Å². The molecule has 0 aliphatic carbocycles. The smallest absolute Gasteiger partial charge is 0.0779 e.